The minimum atomic E-state index is 0.108. The number of hydrogen-bond donors (Lipinski definition) is 1. The van der Waals surface area contributed by atoms with Crippen molar-refractivity contribution in [2.24, 2.45) is 0 Å². The van der Waals surface area contributed by atoms with E-state index >= 15 is 0 Å². The van der Waals surface area contributed by atoms with Crippen LogP contribution in [0.1, 0.15) is 17.5 Å². The molecule has 0 bridgehead atoms. The van der Waals surface area contributed by atoms with E-state index in [2.05, 4.69) is 15.9 Å². The van der Waals surface area contributed by atoms with Crippen molar-refractivity contribution in [3.63, 3.8) is 0 Å². The lowest BCUT2D eigenvalue weighted by atomic mass is 10.0. The smallest absolute Gasteiger partial charge is 0.174 e. The maximum Gasteiger partial charge on any atom is 0.174 e. The van der Waals surface area contributed by atoms with Crippen LogP contribution in [-0.4, -0.2) is 18.5 Å². The average Bonchev–Trinajstić information content (AvgIpc) is 2.17. The normalized spacial score (nSPS) is 10.1. The van der Waals surface area contributed by atoms with Gasteiger partial charge in [0, 0.05) is 6.42 Å². The van der Waals surface area contributed by atoms with E-state index in [9.17, 15) is 9.90 Å². The zero-order chi connectivity index (χ0) is 11.4. The second-order valence-corrected chi connectivity index (χ2v) is 4.04. The summed E-state index contributed by atoms with van der Waals surface area (Å²) in [6, 6.07) is 1.64. The van der Waals surface area contributed by atoms with Crippen LogP contribution in [0, 0.1) is 6.92 Å². The summed E-state index contributed by atoms with van der Waals surface area (Å²) in [5.41, 5.74) is 1.94. The summed E-state index contributed by atoms with van der Waals surface area (Å²) in [5, 5.41) is 9.60. The molecule has 0 spiro atoms. The first kappa shape index (κ1) is 12.0. The van der Waals surface area contributed by atoms with Gasteiger partial charge >= 0.3 is 0 Å². The van der Waals surface area contributed by atoms with Crippen molar-refractivity contribution in [1.29, 1.82) is 0 Å². The zero-order valence-electron chi connectivity index (χ0n) is 8.71. The molecule has 3 nitrogen and oxygen atoms in total. The molecule has 0 unspecified atom stereocenters. The van der Waals surface area contributed by atoms with E-state index in [0.29, 0.717) is 18.6 Å². The van der Waals surface area contributed by atoms with Gasteiger partial charge in [-0.25, -0.2) is 0 Å². The van der Waals surface area contributed by atoms with Crippen LogP contribution in [0.4, 0.5) is 0 Å². The Morgan fingerprint density at radius 1 is 1.60 bits per heavy atom. The van der Waals surface area contributed by atoms with Gasteiger partial charge < -0.3 is 14.6 Å². The lowest BCUT2D eigenvalue weighted by Gasteiger charge is -2.13. The molecule has 0 aliphatic heterocycles. The van der Waals surface area contributed by atoms with Crippen LogP contribution in [-0.2, 0) is 11.2 Å². The third kappa shape index (κ3) is 2.50. The Bertz CT molecular complexity index is 375. The third-order valence-electron chi connectivity index (χ3n) is 2.24. The van der Waals surface area contributed by atoms with Gasteiger partial charge in [-0.3, -0.25) is 0 Å². The standard InChI is InChI=1S/C11H13BrO3/c1-7-6-9(14)11(15-2)10(12)8(7)4-3-5-13/h5-6,14H,3-4H2,1-2H3. The molecule has 0 saturated carbocycles. The van der Waals surface area contributed by atoms with Crippen molar-refractivity contribution >= 4 is 22.2 Å². The maximum atomic E-state index is 10.3. The Balaban J connectivity index is 3.19. The van der Waals surface area contributed by atoms with Crippen molar-refractivity contribution in [3.8, 4) is 11.5 Å². The molecule has 0 aliphatic rings. The average molecular weight is 273 g/mol. The number of aldehydes is 1. The summed E-state index contributed by atoms with van der Waals surface area (Å²) >= 11 is 3.37. The molecular formula is C11H13BrO3. The minimum Gasteiger partial charge on any atom is -0.504 e. The number of methoxy groups -OCH3 is 1. The largest absolute Gasteiger partial charge is 0.504 e. The molecular weight excluding hydrogens is 260 g/mol. The van der Waals surface area contributed by atoms with Crippen molar-refractivity contribution in [2.75, 3.05) is 7.11 Å². The van der Waals surface area contributed by atoms with Crippen molar-refractivity contribution in [3.05, 3.63) is 21.7 Å². The number of ether oxygens (including phenoxy) is 1. The Morgan fingerprint density at radius 2 is 2.27 bits per heavy atom. The number of aromatic hydroxyl groups is 1. The molecule has 1 aromatic rings. The second kappa shape index (κ2) is 5.16. The molecule has 0 atom stereocenters. The predicted molar refractivity (Wildman–Crippen MR) is 61.5 cm³/mol. The lowest BCUT2D eigenvalue weighted by molar-refractivity contribution is -0.107. The molecule has 1 N–H and O–H groups in total. The van der Waals surface area contributed by atoms with Crippen LogP contribution in [0.2, 0.25) is 0 Å². The zero-order valence-corrected chi connectivity index (χ0v) is 10.3. The van der Waals surface area contributed by atoms with E-state index in [1.165, 1.54) is 7.11 Å². The lowest BCUT2D eigenvalue weighted by Crippen LogP contribution is -1.96. The highest BCUT2D eigenvalue weighted by molar-refractivity contribution is 9.10. The van der Waals surface area contributed by atoms with E-state index in [-0.39, 0.29) is 5.75 Å². The molecule has 4 heteroatoms. The van der Waals surface area contributed by atoms with Gasteiger partial charge in [0.25, 0.3) is 0 Å². The number of benzene rings is 1. The van der Waals surface area contributed by atoms with Gasteiger partial charge in [-0.2, -0.15) is 0 Å². The van der Waals surface area contributed by atoms with Crippen molar-refractivity contribution < 1.29 is 14.6 Å². The highest BCUT2D eigenvalue weighted by Crippen LogP contribution is 2.39. The fourth-order valence-corrected chi connectivity index (χ4v) is 2.36. The van der Waals surface area contributed by atoms with Crippen molar-refractivity contribution in [2.45, 2.75) is 19.8 Å². The number of aryl methyl sites for hydroxylation is 1. The highest BCUT2D eigenvalue weighted by atomic mass is 79.9. The molecule has 0 aromatic heterocycles. The fourth-order valence-electron chi connectivity index (χ4n) is 1.48. The van der Waals surface area contributed by atoms with E-state index in [1.54, 1.807) is 6.07 Å². The van der Waals surface area contributed by atoms with Gasteiger partial charge in [0.05, 0.1) is 11.6 Å². The quantitative estimate of drug-likeness (QED) is 0.858. The van der Waals surface area contributed by atoms with Gasteiger partial charge in [0.15, 0.2) is 11.5 Å². The van der Waals surface area contributed by atoms with Gasteiger partial charge in [0.1, 0.15) is 6.29 Å². The second-order valence-electron chi connectivity index (χ2n) is 3.24. The highest BCUT2D eigenvalue weighted by Gasteiger charge is 2.14. The van der Waals surface area contributed by atoms with Crippen molar-refractivity contribution in [1.82, 2.24) is 0 Å². The number of carbonyl (C=O) groups is 1. The summed E-state index contributed by atoms with van der Waals surface area (Å²) in [7, 11) is 1.50. The van der Waals surface area contributed by atoms with Gasteiger partial charge in [-0.1, -0.05) is 0 Å². The molecule has 1 aromatic carbocycles. The summed E-state index contributed by atoms with van der Waals surface area (Å²) < 4.78 is 5.79. The fraction of sp³-hybridized carbons (Fsp3) is 0.364. The number of rotatable bonds is 4. The number of phenolic OH excluding ortho intramolecular Hbond substituents is 1. The van der Waals surface area contributed by atoms with Crippen LogP contribution in [0.15, 0.2) is 10.5 Å². The minimum absolute atomic E-state index is 0.108. The van der Waals surface area contributed by atoms with E-state index in [1.807, 2.05) is 6.92 Å². The molecule has 0 amide bonds. The summed E-state index contributed by atoms with van der Waals surface area (Å²) in [6.07, 6.45) is 1.99. The van der Waals surface area contributed by atoms with Crippen LogP contribution in [0.5, 0.6) is 11.5 Å². The molecule has 0 radical (unpaired) electrons. The van der Waals surface area contributed by atoms with Crippen LogP contribution in [0.3, 0.4) is 0 Å². The first-order valence-electron chi connectivity index (χ1n) is 4.60. The van der Waals surface area contributed by atoms with Gasteiger partial charge in [0.2, 0.25) is 0 Å². The Hall–Kier alpha value is -1.03. The molecule has 0 saturated heterocycles. The number of phenols is 1. The molecule has 0 fully saturated rings. The Labute approximate surface area is 97.2 Å². The van der Waals surface area contributed by atoms with Crippen LogP contribution >= 0.6 is 15.9 Å². The monoisotopic (exact) mass is 272 g/mol. The molecule has 0 heterocycles. The van der Waals surface area contributed by atoms with Gasteiger partial charge in [-0.15, -0.1) is 0 Å². The number of hydrogen-bond acceptors (Lipinski definition) is 3. The first-order valence-corrected chi connectivity index (χ1v) is 5.39. The van der Waals surface area contributed by atoms with Crippen LogP contribution in [0.25, 0.3) is 0 Å². The molecule has 82 valence electrons. The number of carbonyl (C=O) groups excluding carboxylic acids is 1. The summed E-state index contributed by atoms with van der Waals surface area (Å²) in [6.45, 7) is 1.89. The molecule has 0 aliphatic carbocycles. The summed E-state index contributed by atoms with van der Waals surface area (Å²) in [4.78, 5) is 10.3. The topological polar surface area (TPSA) is 46.5 Å². The summed E-state index contributed by atoms with van der Waals surface area (Å²) in [5.74, 6) is 0.526. The van der Waals surface area contributed by atoms with E-state index in [0.717, 1.165) is 21.9 Å². The molecule has 1 rings (SSSR count). The Morgan fingerprint density at radius 3 is 2.80 bits per heavy atom. The predicted octanol–water partition coefficient (Wildman–Crippen LogP) is 2.60. The van der Waals surface area contributed by atoms with E-state index < -0.39 is 0 Å². The SMILES string of the molecule is COc1c(O)cc(C)c(CCC=O)c1Br. The Kier molecular flexibility index (Phi) is 4.15. The van der Waals surface area contributed by atoms with E-state index in [4.69, 9.17) is 4.74 Å². The molecule has 15 heavy (non-hydrogen) atoms. The first-order chi connectivity index (χ1) is 7.11. The number of halogens is 1. The third-order valence-corrected chi connectivity index (χ3v) is 3.08. The maximum absolute atomic E-state index is 10.3. The van der Waals surface area contributed by atoms with Gasteiger partial charge in [-0.05, 0) is 46.5 Å². The van der Waals surface area contributed by atoms with Crippen LogP contribution < -0.4 is 4.74 Å².